The molecule has 4 heteroatoms. The summed E-state index contributed by atoms with van der Waals surface area (Å²) >= 11 is 0. The van der Waals surface area contributed by atoms with E-state index in [1.807, 2.05) is 12.3 Å². The van der Waals surface area contributed by atoms with Gasteiger partial charge in [0, 0.05) is 6.54 Å². The molecule has 32 heavy (non-hydrogen) atoms. The average Bonchev–Trinajstić information content (AvgIpc) is 3.29. The van der Waals surface area contributed by atoms with Crippen molar-refractivity contribution in [2.45, 2.75) is 64.3 Å². The van der Waals surface area contributed by atoms with Crippen LogP contribution in [-0.4, -0.2) is 36.2 Å². The average molecular weight is 437 g/mol. The van der Waals surface area contributed by atoms with Crippen LogP contribution in [0.2, 0.25) is 0 Å². The molecular weight excluding hydrogens is 396 g/mol. The predicted octanol–water partition coefficient (Wildman–Crippen LogP) is 6.44. The molecule has 2 aromatic rings. The van der Waals surface area contributed by atoms with Crippen molar-refractivity contribution in [2.75, 3.05) is 26.3 Å². The Morgan fingerprint density at radius 2 is 1.97 bits per heavy atom. The largest absolute Gasteiger partial charge is 0.444 e. The van der Waals surface area contributed by atoms with Crippen molar-refractivity contribution in [1.82, 2.24) is 9.88 Å². The third kappa shape index (κ3) is 5.90. The topological polar surface area (TPSA) is 38.5 Å². The van der Waals surface area contributed by atoms with Gasteiger partial charge in [-0.25, -0.2) is 4.98 Å². The van der Waals surface area contributed by atoms with Crippen LogP contribution in [-0.2, 0) is 11.3 Å². The van der Waals surface area contributed by atoms with E-state index >= 15 is 0 Å². The smallest absolute Gasteiger partial charge is 0.202 e. The maximum atomic E-state index is 6.45. The number of aromatic nitrogens is 1. The number of hydrogen-bond donors (Lipinski definition) is 0. The Labute approximate surface area is 194 Å². The molecule has 3 unspecified atom stereocenters. The van der Waals surface area contributed by atoms with E-state index in [4.69, 9.17) is 14.1 Å². The van der Waals surface area contributed by atoms with Gasteiger partial charge in [-0.3, -0.25) is 4.90 Å². The molecule has 0 bridgehead atoms. The molecule has 1 aromatic heterocycles. The Kier molecular flexibility index (Phi) is 8.58. The van der Waals surface area contributed by atoms with Crippen molar-refractivity contribution in [1.29, 1.82) is 0 Å². The monoisotopic (exact) mass is 436 g/mol. The second kappa shape index (κ2) is 11.8. The first-order chi connectivity index (χ1) is 15.8. The van der Waals surface area contributed by atoms with Crippen molar-refractivity contribution in [3.8, 4) is 0 Å². The van der Waals surface area contributed by atoms with Crippen LogP contribution in [0.4, 0.5) is 0 Å². The molecule has 1 aromatic carbocycles. The Balaban J connectivity index is 1.44. The minimum atomic E-state index is 0.274. The van der Waals surface area contributed by atoms with E-state index in [1.54, 1.807) is 0 Å². The fraction of sp³-hybridized carbons (Fsp3) is 0.607. The lowest BCUT2D eigenvalue weighted by Gasteiger charge is -2.37. The van der Waals surface area contributed by atoms with Crippen LogP contribution >= 0.6 is 0 Å². The molecule has 2 aliphatic rings. The van der Waals surface area contributed by atoms with Crippen molar-refractivity contribution < 1.29 is 9.15 Å². The molecule has 1 aliphatic heterocycles. The summed E-state index contributed by atoms with van der Waals surface area (Å²) < 4.78 is 12.3. The first kappa shape index (κ1) is 23.3. The van der Waals surface area contributed by atoms with E-state index in [0.717, 1.165) is 43.8 Å². The molecule has 4 nitrogen and oxygen atoms in total. The number of benzene rings is 1. The SMILES string of the molecule is C=CCOCC1CN(Cc2cnc(C(c3ccccc3)C3CCCCC3)o2)CCC1CC. The first-order valence-electron chi connectivity index (χ1n) is 12.7. The van der Waals surface area contributed by atoms with Crippen LogP contribution in [0.3, 0.4) is 0 Å². The maximum absolute atomic E-state index is 6.45. The van der Waals surface area contributed by atoms with Crippen LogP contribution in [0.25, 0.3) is 0 Å². The van der Waals surface area contributed by atoms with E-state index in [9.17, 15) is 0 Å². The minimum Gasteiger partial charge on any atom is -0.444 e. The number of piperidine rings is 1. The third-order valence-corrected chi connectivity index (χ3v) is 7.56. The summed E-state index contributed by atoms with van der Waals surface area (Å²) in [7, 11) is 0. The van der Waals surface area contributed by atoms with E-state index in [0.29, 0.717) is 18.4 Å². The van der Waals surface area contributed by atoms with Gasteiger partial charge in [-0.2, -0.15) is 0 Å². The summed E-state index contributed by atoms with van der Waals surface area (Å²) in [4.78, 5) is 7.34. The molecule has 2 heterocycles. The summed E-state index contributed by atoms with van der Waals surface area (Å²) in [5.41, 5.74) is 1.34. The molecule has 2 fully saturated rings. The summed E-state index contributed by atoms with van der Waals surface area (Å²) in [5, 5.41) is 0. The molecule has 3 atom stereocenters. The lowest BCUT2D eigenvalue weighted by atomic mass is 9.77. The van der Waals surface area contributed by atoms with Crippen LogP contribution in [0, 0.1) is 17.8 Å². The van der Waals surface area contributed by atoms with Gasteiger partial charge in [0.15, 0.2) is 0 Å². The van der Waals surface area contributed by atoms with Gasteiger partial charge in [0.2, 0.25) is 5.89 Å². The molecule has 4 rings (SSSR count). The van der Waals surface area contributed by atoms with Gasteiger partial charge in [0.05, 0.1) is 31.9 Å². The molecular formula is C28H40N2O2. The molecule has 0 radical (unpaired) electrons. The molecule has 1 aliphatic carbocycles. The normalized spacial score (nSPS) is 23.8. The summed E-state index contributed by atoms with van der Waals surface area (Å²) in [6.45, 7) is 10.6. The van der Waals surface area contributed by atoms with Crippen molar-refractivity contribution in [2.24, 2.45) is 17.8 Å². The van der Waals surface area contributed by atoms with Crippen molar-refractivity contribution >= 4 is 0 Å². The second-order valence-electron chi connectivity index (χ2n) is 9.73. The summed E-state index contributed by atoms with van der Waals surface area (Å²) in [5.74, 6) is 4.14. The van der Waals surface area contributed by atoms with Gasteiger partial charge in [0.25, 0.3) is 0 Å². The number of nitrogens with zero attached hydrogens (tertiary/aromatic N) is 2. The molecule has 0 spiro atoms. The number of ether oxygens (including phenoxy) is 1. The number of rotatable bonds is 10. The van der Waals surface area contributed by atoms with Crippen molar-refractivity contribution in [3.63, 3.8) is 0 Å². The summed E-state index contributed by atoms with van der Waals surface area (Å²) in [6.07, 6.45) is 12.8. The maximum Gasteiger partial charge on any atom is 0.202 e. The molecule has 0 N–H and O–H groups in total. The standard InChI is InChI=1S/C28H40N2O2/c1-3-17-31-21-25-19-30(16-15-22(25)4-2)20-26-18-29-28(32-26)27(23-11-7-5-8-12-23)24-13-9-6-10-14-24/h3,5,7-8,11-12,18,22,24-25,27H,1,4,6,9-10,13-17,19-21H2,2H3. The highest BCUT2D eigenvalue weighted by Gasteiger charge is 2.32. The van der Waals surface area contributed by atoms with E-state index in [-0.39, 0.29) is 5.92 Å². The molecule has 1 saturated heterocycles. The predicted molar refractivity (Wildman–Crippen MR) is 130 cm³/mol. The van der Waals surface area contributed by atoms with Gasteiger partial charge >= 0.3 is 0 Å². The van der Waals surface area contributed by atoms with Gasteiger partial charge in [-0.15, -0.1) is 6.58 Å². The lowest BCUT2D eigenvalue weighted by molar-refractivity contribution is 0.0327. The zero-order chi connectivity index (χ0) is 22.2. The second-order valence-corrected chi connectivity index (χ2v) is 9.73. The first-order valence-corrected chi connectivity index (χ1v) is 12.7. The highest BCUT2D eigenvalue weighted by Crippen LogP contribution is 2.40. The Bertz CT molecular complexity index is 812. The van der Waals surface area contributed by atoms with Crippen LogP contribution in [0.1, 0.15) is 75.0 Å². The van der Waals surface area contributed by atoms with Crippen molar-refractivity contribution in [3.05, 3.63) is 66.4 Å². The van der Waals surface area contributed by atoms with Gasteiger partial charge in [-0.05, 0) is 49.1 Å². The third-order valence-electron chi connectivity index (χ3n) is 7.56. The number of oxazole rings is 1. The van der Waals surface area contributed by atoms with Gasteiger partial charge < -0.3 is 9.15 Å². The quantitative estimate of drug-likeness (QED) is 0.317. The van der Waals surface area contributed by atoms with Gasteiger partial charge in [-0.1, -0.05) is 69.0 Å². The minimum absolute atomic E-state index is 0.274. The van der Waals surface area contributed by atoms with E-state index in [2.05, 4.69) is 48.7 Å². The van der Waals surface area contributed by atoms with Gasteiger partial charge in [0.1, 0.15) is 5.76 Å². The zero-order valence-corrected chi connectivity index (χ0v) is 19.8. The zero-order valence-electron chi connectivity index (χ0n) is 19.8. The van der Waals surface area contributed by atoms with Crippen LogP contribution in [0.15, 0.2) is 53.6 Å². The highest BCUT2D eigenvalue weighted by atomic mass is 16.5. The fourth-order valence-electron chi connectivity index (χ4n) is 5.83. The fourth-order valence-corrected chi connectivity index (χ4v) is 5.83. The van der Waals surface area contributed by atoms with Crippen LogP contribution < -0.4 is 0 Å². The molecule has 174 valence electrons. The molecule has 1 saturated carbocycles. The lowest BCUT2D eigenvalue weighted by Crippen LogP contribution is -2.41. The van der Waals surface area contributed by atoms with Crippen LogP contribution in [0.5, 0.6) is 0 Å². The highest BCUT2D eigenvalue weighted by molar-refractivity contribution is 5.26. The Morgan fingerprint density at radius 3 is 2.72 bits per heavy atom. The number of hydrogen-bond acceptors (Lipinski definition) is 4. The summed E-state index contributed by atoms with van der Waals surface area (Å²) in [6, 6.07) is 10.9. The number of likely N-dealkylation sites (tertiary alicyclic amines) is 1. The Hall–Kier alpha value is -1.91. The Morgan fingerprint density at radius 1 is 1.16 bits per heavy atom. The van der Waals surface area contributed by atoms with E-state index in [1.165, 1.54) is 50.5 Å². The van der Waals surface area contributed by atoms with E-state index < -0.39 is 0 Å². The molecule has 0 amide bonds.